The Morgan fingerprint density at radius 2 is 2.20 bits per heavy atom. The highest BCUT2D eigenvalue weighted by Gasteiger charge is 2.28. The zero-order valence-electron chi connectivity index (χ0n) is 11.4. The molecule has 100 valence electrons. The summed E-state index contributed by atoms with van der Waals surface area (Å²) in [4.78, 5) is 7.69. The summed E-state index contributed by atoms with van der Waals surface area (Å²) in [6, 6.07) is 6.57. The third-order valence-corrected chi connectivity index (χ3v) is 4.24. The molecule has 1 aromatic carbocycles. The lowest BCUT2D eigenvalue weighted by molar-refractivity contribution is 0.741. The number of nitrogens with one attached hydrogen (secondary N) is 2. The minimum atomic E-state index is 0.396. The van der Waals surface area contributed by atoms with Crippen LogP contribution in [-0.2, 0) is 6.42 Å². The standard InChI is InChI=1S/C16H16N4/c1-10-15(9-19-20-10)12-4-2-3-11-13(12)5-6-14(11)16-17-7-8-18-16/h2-4,7-9,14H,5-6H2,1H3,(H,17,18)(H,19,20). The molecule has 1 atom stereocenters. The molecule has 0 radical (unpaired) electrons. The molecule has 2 N–H and O–H groups in total. The Labute approximate surface area is 117 Å². The number of hydrogen-bond donors (Lipinski definition) is 2. The number of H-pyrrole nitrogens is 2. The van der Waals surface area contributed by atoms with E-state index >= 15 is 0 Å². The van der Waals surface area contributed by atoms with Gasteiger partial charge in [-0.3, -0.25) is 5.10 Å². The Morgan fingerprint density at radius 1 is 1.25 bits per heavy atom. The Morgan fingerprint density at radius 3 is 2.95 bits per heavy atom. The van der Waals surface area contributed by atoms with Crippen LogP contribution < -0.4 is 0 Å². The van der Waals surface area contributed by atoms with Gasteiger partial charge in [0.2, 0.25) is 0 Å². The predicted molar refractivity (Wildman–Crippen MR) is 77.5 cm³/mol. The van der Waals surface area contributed by atoms with Gasteiger partial charge in [-0.05, 0) is 36.5 Å². The third kappa shape index (κ3) is 1.61. The van der Waals surface area contributed by atoms with Gasteiger partial charge in [0.05, 0.1) is 6.20 Å². The third-order valence-electron chi connectivity index (χ3n) is 4.24. The first kappa shape index (κ1) is 11.5. The lowest BCUT2D eigenvalue weighted by Crippen LogP contribution is -1.98. The molecule has 3 aromatic rings. The van der Waals surface area contributed by atoms with Gasteiger partial charge in [-0.1, -0.05) is 18.2 Å². The molecule has 4 nitrogen and oxygen atoms in total. The summed E-state index contributed by atoms with van der Waals surface area (Å²) in [5.74, 6) is 1.47. The van der Waals surface area contributed by atoms with Crippen LogP contribution in [0.3, 0.4) is 0 Å². The van der Waals surface area contributed by atoms with E-state index in [4.69, 9.17) is 0 Å². The molecule has 0 saturated carbocycles. The molecule has 1 aliphatic rings. The van der Waals surface area contributed by atoms with E-state index in [0.717, 1.165) is 24.4 Å². The molecule has 20 heavy (non-hydrogen) atoms. The quantitative estimate of drug-likeness (QED) is 0.746. The van der Waals surface area contributed by atoms with Crippen LogP contribution in [0.25, 0.3) is 11.1 Å². The fourth-order valence-corrected chi connectivity index (χ4v) is 3.28. The molecule has 0 bridgehead atoms. The van der Waals surface area contributed by atoms with Gasteiger partial charge in [-0.2, -0.15) is 5.10 Å². The van der Waals surface area contributed by atoms with E-state index in [1.807, 2.05) is 18.6 Å². The van der Waals surface area contributed by atoms with Crippen molar-refractivity contribution >= 4 is 0 Å². The SMILES string of the molecule is Cc1[nH]ncc1-c1cccc2c1CCC2c1ncc[nH]1. The van der Waals surface area contributed by atoms with Gasteiger partial charge in [-0.15, -0.1) is 0 Å². The van der Waals surface area contributed by atoms with Crippen molar-refractivity contribution in [2.45, 2.75) is 25.7 Å². The number of aromatic nitrogens is 4. The Hall–Kier alpha value is -2.36. The van der Waals surface area contributed by atoms with Crippen molar-refractivity contribution in [3.8, 4) is 11.1 Å². The minimum absolute atomic E-state index is 0.396. The lowest BCUT2D eigenvalue weighted by Gasteiger charge is -2.11. The van der Waals surface area contributed by atoms with Crippen LogP contribution in [0.5, 0.6) is 0 Å². The molecule has 0 spiro atoms. The highest BCUT2D eigenvalue weighted by atomic mass is 15.1. The van der Waals surface area contributed by atoms with Crippen molar-refractivity contribution in [1.29, 1.82) is 0 Å². The van der Waals surface area contributed by atoms with Gasteiger partial charge in [0.1, 0.15) is 5.82 Å². The number of aromatic amines is 2. The highest BCUT2D eigenvalue weighted by Crippen LogP contribution is 2.41. The number of rotatable bonds is 2. The molecule has 1 aliphatic carbocycles. The van der Waals surface area contributed by atoms with Crippen molar-refractivity contribution in [2.24, 2.45) is 0 Å². The van der Waals surface area contributed by atoms with E-state index in [1.165, 1.54) is 22.3 Å². The van der Waals surface area contributed by atoms with E-state index in [1.54, 1.807) is 0 Å². The molecule has 0 fully saturated rings. The van der Waals surface area contributed by atoms with E-state index < -0.39 is 0 Å². The van der Waals surface area contributed by atoms with E-state index in [-0.39, 0.29) is 0 Å². The Bertz CT molecular complexity index is 740. The van der Waals surface area contributed by atoms with Crippen LogP contribution in [0.15, 0.2) is 36.8 Å². The normalized spacial score (nSPS) is 17.4. The monoisotopic (exact) mass is 264 g/mol. The molecule has 1 unspecified atom stereocenters. The minimum Gasteiger partial charge on any atom is -0.348 e. The molecule has 2 aromatic heterocycles. The maximum atomic E-state index is 4.43. The van der Waals surface area contributed by atoms with Crippen LogP contribution in [0, 0.1) is 6.92 Å². The summed E-state index contributed by atoms with van der Waals surface area (Å²) in [5.41, 5.74) is 6.49. The summed E-state index contributed by atoms with van der Waals surface area (Å²) in [5, 5.41) is 7.18. The van der Waals surface area contributed by atoms with Crippen LogP contribution in [-0.4, -0.2) is 20.2 Å². The van der Waals surface area contributed by atoms with Gasteiger partial charge < -0.3 is 4.98 Å². The second-order valence-corrected chi connectivity index (χ2v) is 5.35. The number of nitrogens with zero attached hydrogens (tertiary/aromatic N) is 2. The van der Waals surface area contributed by atoms with Gasteiger partial charge >= 0.3 is 0 Å². The first-order valence-electron chi connectivity index (χ1n) is 6.96. The average Bonchev–Trinajstić information content (AvgIpc) is 3.17. The maximum Gasteiger partial charge on any atom is 0.113 e. The number of fused-ring (bicyclic) bond motifs is 1. The number of benzene rings is 1. The van der Waals surface area contributed by atoms with Gasteiger partial charge in [0.25, 0.3) is 0 Å². The van der Waals surface area contributed by atoms with E-state index in [2.05, 4.69) is 45.3 Å². The highest BCUT2D eigenvalue weighted by molar-refractivity contribution is 5.71. The second-order valence-electron chi connectivity index (χ2n) is 5.35. The van der Waals surface area contributed by atoms with E-state index in [9.17, 15) is 0 Å². The number of aryl methyl sites for hydroxylation is 1. The number of hydrogen-bond acceptors (Lipinski definition) is 2. The van der Waals surface area contributed by atoms with E-state index in [0.29, 0.717) is 5.92 Å². The zero-order valence-corrected chi connectivity index (χ0v) is 11.4. The first-order valence-corrected chi connectivity index (χ1v) is 6.96. The van der Waals surface area contributed by atoms with Gasteiger partial charge in [0.15, 0.2) is 0 Å². The maximum absolute atomic E-state index is 4.43. The summed E-state index contributed by atoms with van der Waals surface area (Å²) in [7, 11) is 0. The van der Waals surface area contributed by atoms with Crippen molar-refractivity contribution in [3.63, 3.8) is 0 Å². The molecular formula is C16H16N4. The van der Waals surface area contributed by atoms with Crippen LogP contribution >= 0.6 is 0 Å². The first-order chi connectivity index (χ1) is 9.84. The van der Waals surface area contributed by atoms with Crippen molar-refractivity contribution in [1.82, 2.24) is 20.2 Å². The molecular weight excluding hydrogens is 248 g/mol. The molecule has 0 aliphatic heterocycles. The van der Waals surface area contributed by atoms with Crippen molar-refractivity contribution in [2.75, 3.05) is 0 Å². The van der Waals surface area contributed by atoms with Gasteiger partial charge in [0, 0.05) is 29.6 Å². The van der Waals surface area contributed by atoms with Crippen molar-refractivity contribution < 1.29 is 0 Å². The zero-order chi connectivity index (χ0) is 13.5. The summed E-state index contributed by atoms with van der Waals surface area (Å²) in [6.07, 6.45) is 7.87. The fraction of sp³-hybridized carbons (Fsp3) is 0.250. The average molecular weight is 264 g/mol. The molecule has 4 rings (SSSR count). The Kier molecular flexibility index (Phi) is 2.49. The summed E-state index contributed by atoms with van der Waals surface area (Å²) < 4.78 is 0. The van der Waals surface area contributed by atoms with Crippen molar-refractivity contribution in [3.05, 3.63) is 59.4 Å². The largest absolute Gasteiger partial charge is 0.348 e. The second kappa shape index (κ2) is 4.34. The van der Waals surface area contributed by atoms with Crippen LogP contribution in [0.1, 0.15) is 35.0 Å². The number of imidazole rings is 1. The van der Waals surface area contributed by atoms with Crippen LogP contribution in [0.2, 0.25) is 0 Å². The molecule has 0 saturated heterocycles. The predicted octanol–water partition coefficient (Wildman–Crippen LogP) is 3.19. The van der Waals surface area contributed by atoms with Crippen LogP contribution in [0.4, 0.5) is 0 Å². The smallest absolute Gasteiger partial charge is 0.113 e. The summed E-state index contributed by atoms with van der Waals surface area (Å²) >= 11 is 0. The fourth-order valence-electron chi connectivity index (χ4n) is 3.28. The topological polar surface area (TPSA) is 57.4 Å². The Balaban J connectivity index is 1.85. The lowest BCUT2D eigenvalue weighted by atomic mass is 9.95. The molecule has 0 amide bonds. The van der Waals surface area contributed by atoms with Gasteiger partial charge in [-0.25, -0.2) is 4.98 Å². The summed E-state index contributed by atoms with van der Waals surface area (Å²) in [6.45, 7) is 2.07. The molecule has 2 heterocycles. The molecule has 4 heteroatoms.